The molecule has 90 valence electrons. The van der Waals surface area contributed by atoms with Crippen molar-refractivity contribution in [1.29, 1.82) is 0 Å². The smallest absolute Gasteiger partial charge is 0.313 e. The van der Waals surface area contributed by atoms with E-state index in [2.05, 4.69) is 0 Å². The second kappa shape index (κ2) is 3.99. The molecule has 1 N–H and O–H groups in total. The van der Waals surface area contributed by atoms with E-state index in [1.165, 1.54) is 12.1 Å². The minimum absolute atomic E-state index is 0.266. The number of carboxylic acid groups (broad SMARTS) is 1. The molecule has 0 spiro atoms. The van der Waals surface area contributed by atoms with Gasteiger partial charge in [0.25, 0.3) is 0 Å². The first kappa shape index (κ1) is 11.8. The highest BCUT2D eigenvalue weighted by Crippen LogP contribution is 2.39. The Kier molecular flexibility index (Phi) is 2.77. The number of aliphatic carboxylic acids is 1. The van der Waals surface area contributed by atoms with Crippen molar-refractivity contribution in [2.45, 2.75) is 26.7 Å². The second-order valence-corrected chi connectivity index (χ2v) is 4.89. The first-order valence-corrected chi connectivity index (χ1v) is 5.66. The monoisotopic (exact) mass is 234 g/mol. The summed E-state index contributed by atoms with van der Waals surface area (Å²) in [7, 11) is 0. The number of hydrogen-bond donors (Lipinski definition) is 1. The van der Waals surface area contributed by atoms with Crippen LogP contribution in [-0.2, 0) is 11.2 Å². The Labute approximate surface area is 99.8 Å². The first-order chi connectivity index (χ1) is 7.93. The van der Waals surface area contributed by atoms with E-state index < -0.39 is 11.4 Å². The van der Waals surface area contributed by atoms with Crippen LogP contribution in [0.25, 0.3) is 5.57 Å². The van der Waals surface area contributed by atoms with Crippen LogP contribution in [-0.4, -0.2) is 11.1 Å². The number of fused-ring (bicyclic) bond motifs is 1. The van der Waals surface area contributed by atoms with Crippen LogP contribution in [0.2, 0.25) is 0 Å². The summed E-state index contributed by atoms with van der Waals surface area (Å²) in [6.07, 6.45) is 3.49. The summed E-state index contributed by atoms with van der Waals surface area (Å²) >= 11 is 0. The van der Waals surface area contributed by atoms with Crippen molar-refractivity contribution in [3.8, 4) is 0 Å². The molecule has 17 heavy (non-hydrogen) atoms. The predicted octanol–water partition coefficient (Wildman–Crippen LogP) is 3.27. The highest BCUT2D eigenvalue weighted by atomic mass is 19.1. The Bertz CT molecular complexity index is 501. The van der Waals surface area contributed by atoms with E-state index >= 15 is 0 Å². The predicted molar refractivity (Wildman–Crippen MR) is 64.1 cm³/mol. The summed E-state index contributed by atoms with van der Waals surface area (Å²) in [5.41, 5.74) is 1.61. The van der Waals surface area contributed by atoms with Gasteiger partial charge in [-0.05, 0) is 55.5 Å². The number of carbonyl (C=O) groups is 1. The Morgan fingerprint density at radius 3 is 2.76 bits per heavy atom. The molecule has 0 unspecified atom stereocenters. The summed E-state index contributed by atoms with van der Waals surface area (Å²) in [6, 6.07) is 4.57. The summed E-state index contributed by atoms with van der Waals surface area (Å²) in [5, 5.41) is 9.26. The molecule has 2 rings (SSSR count). The number of aryl methyl sites for hydroxylation is 1. The van der Waals surface area contributed by atoms with Gasteiger partial charge in [-0.1, -0.05) is 12.1 Å². The molecule has 0 atom stereocenters. The maximum Gasteiger partial charge on any atom is 0.313 e. The van der Waals surface area contributed by atoms with Crippen molar-refractivity contribution in [1.82, 2.24) is 0 Å². The van der Waals surface area contributed by atoms with Gasteiger partial charge in [0.05, 0.1) is 5.41 Å². The van der Waals surface area contributed by atoms with E-state index in [0.717, 1.165) is 29.5 Å². The van der Waals surface area contributed by atoms with Crippen molar-refractivity contribution in [3.63, 3.8) is 0 Å². The molecule has 0 fully saturated rings. The standard InChI is InChI=1S/C14H15FO2/c1-14(2,13(16)17)12-5-3-4-9-8-10(15)6-7-11(9)12/h5-8H,3-4H2,1-2H3,(H,16,17). The van der Waals surface area contributed by atoms with Crippen LogP contribution in [0.15, 0.2) is 24.3 Å². The molecule has 0 heterocycles. The number of carboxylic acids is 1. The zero-order valence-electron chi connectivity index (χ0n) is 9.96. The van der Waals surface area contributed by atoms with Crippen LogP contribution in [0, 0.1) is 11.2 Å². The number of hydrogen-bond acceptors (Lipinski definition) is 1. The summed E-state index contributed by atoms with van der Waals surface area (Å²) in [5.74, 6) is -1.13. The molecule has 1 aromatic rings. The van der Waals surface area contributed by atoms with Gasteiger partial charge in [0, 0.05) is 0 Å². The van der Waals surface area contributed by atoms with Crippen LogP contribution in [0.3, 0.4) is 0 Å². The lowest BCUT2D eigenvalue weighted by Gasteiger charge is -2.28. The maximum absolute atomic E-state index is 13.1. The molecule has 2 nitrogen and oxygen atoms in total. The third kappa shape index (κ3) is 1.97. The van der Waals surface area contributed by atoms with E-state index in [9.17, 15) is 14.3 Å². The van der Waals surface area contributed by atoms with E-state index in [4.69, 9.17) is 0 Å². The van der Waals surface area contributed by atoms with Gasteiger partial charge in [0.2, 0.25) is 0 Å². The fourth-order valence-corrected chi connectivity index (χ4v) is 2.22. The molecule has 3 heteroatoms. The first-order valence-electron chi connectivity index (χ1n) is 5.66. The third-order valence-electron chi connectivity index (χ3n) is 3.33. The van der Waals surface area contributed by atoms with Crippen molar-refractivity contribution in [3.05, 3.63) is 41.2 Å². The lowest BCUT2D eigenvalue weighted by molar-refractivity contribution is -0.143. The molecule has 0 saturated carbocycles. The lowest BCUT2D eigenvalue weighted by Crippen LogP contribution is -2.26. The van der Waals surface area contributed by atoms with Gasteiger partial charge in [-0.3, -0.25) is 4.79 Å². The molecule has 0 radical (unpaired) electrons. The highest BCUT2D eigenvalue weighted by molar-refractivity contribution is 5.92. The van der Waals surface area contributed by atoms with Gasteiger partial charge in [-0.25, -0.2) is 4.39 Å². The summed E-state index contributed by atoms with van der Waals surface area (Å²) < 4.78 is 13.1. The Morgan fingerprint density at radius 1 is 1.41 bits per heavy atom. The molecule has 1 aliphatic rings. The number of benzene rings is 1. The Balaban J connectivity index is 2.53. The summed E-state index contributed by atoms with van der Waals surface area (Å²) in [6.45, 7) is 3.36. The van der Waals surface area contributed by atoms with Crippen LogP contribution in [0.5, 0.6) is 0 Å². The van der Waals surface area contributed by atoms with Gasteiger partial charge in [0.1, 0.15) is 5.82 Å². The van der Waals surface area contributed by atoms with Crippen LogP contribution in [0.1, 0.15) is 31.4 Å². The summed E-state index contributed by atoms with van der Waals surface area (Å²) in [4.78, 5) is 11.3. The third-order valence-corrected chi connectivity index (χ3v) is 3.33. The lowest BCUT2D eigenvalue weighted by atomic mass is 9.75. The highest BCUT2D eigenvalue weighted by Gasteiger charge is 2.34. The molecule has 1 aromatic carbocycles. The van der Waals surface area contributed by atoms with Gasteiger partial charge in [0.15, 0.2) is 0 Å². The Hall–Kier alpha value is -1.64. The number of allylic oxidation sites excluding steroid dienone is 1. The van der Waals surface area contributed by atoms with E-state index in [0.29, 0.717) is 0 Å². The van der Waals surface area contributed by atoms with Crippen molar-refractivity contribution < 1.29 is 14.3 Å². The molecule has 0 amide bonds. The fourth-order valence-electron chi connectivity index (χ4n) is 2.22. The second-order valence-electron chi connectivity index (χ2n) is 4.89. The molecular weight excluding hydrogens is 219 g/mol. The van der Waals surface area contributed by atoms with Crippen LogP contribution < -0.4 is 0 Å². The molecule has 1 aliphatic carbocycles. The van der Waals surface area contributed by atoms with E-state index in [1.54, 1.807) is 19.9 Å². The molecule has 0 bridgehead atoms. The van der Waals surface area contributed by atoms with Gasteiger partial charge in [-0.15, -0.1) is 0 Å². The van der Waals surface area contributed by atoms with Gasteiger partial charge in [-0.2, -0.15) is 0 Å². The Morgan fingerprint density at radius 2 is 2.12 bits per heavy atom. The molecule has 0 saturated heterocycles. The number of rotatable bonds is 2. The van der Waals surface area contributed by atoms with Crippen LogP contribution >= 0.6 is 0 Å². The van der Waals surface area contributed by atoms with E-state index in [1.807, 2.05) is 6.08 Å². The largest absolute Gasteiger partial charge is 0.481 e. The maximum atomic E-state index is 13.1. The normalized spacial score (nSPS) is 15.1. The van der Waals surface area contributed by atoms with Crippen LogP contribution in [0.4, 0.5) is 4.39 Å². The van der Waals surface area contributed by atoms with Crippen molar-refractivity contribution >= 4 is 11.5 Å². The zero-order chi connectivity index (χ0) is 12.6. The molecule has 0 aromatic heterocycles. The van der Waals surface area contributed by atoms with Gasteiger partial charge < -0.3 is 5.11 Å². The van der Waals surface area contributed by atoms with E-state index in [-0.39, 0.29) is 5.82 Å². The minimum Gasteiger partial charge on any atom is -0.481 e. The molecular formula is C14H15FO2. The van der Waals surface area contributed by atoms with Crippen molar-refractivity contribution in [2.75, 3.05) is 0 Å². The quantitative estimate of drug-likeness (QED) is 0.852. The SMILES string of the molecule is CC(C)(C(=O)O)C1=CCCc2cc(F)ccc21. The van der Waals surface area contributed by atoms with Gasteiger partial charge >= 0.3 is 5.97 Å². The average molecular weight is 234 g/mol. The molecule has 0 aliphatic heterocycles. The van der Waals surface area contributed by atoms with Crippen molar-refractivity contribution in [2.24, 2.45) is 5.41 Å². The zero-order valence-corrected chi connectivity index (χ0v) is 9.96. The minimum atomic E-state index is -0.938. The topological polar surface area (TPSA) is 37.3 Å². The average Bonchev–Trinajstić information content (AvgIpc) is 2.27. The number of halogens is 1. The fraction of sp³-hybridized carbons (Fsp3) is 0.357.